The molecule has 2 aromatic carbocycles. The molecule has 2 aromatic rings. The lowest BCUT2D eigenvalue weighted by Crippen LogP contribution is -2.57. The number of anilines is 1. The van der Waals surface area contributed by atoms with Crippen molar-refractivity contribution < 1.29 is 29.3 Å². The number of aliphatic carboxylic acids is 1. The molecule has 0 saturated carbocycles. The van der Waals surface area contributed by atoms with Crippen LogP contribution in [0.1, 0.15) is 43.4 Å². The Morgan fingerprint density at radius 3 is 2.54 bits per heavy atom. The molecule has 206 valence electrons. The van der Waals surface area contributed by atoms with Crippen molar-refractivity contribution in [2.75, 3.05) is 18.1 Å². The van der Waals surface area contributed by atoms with Crippen molar-refractivity contribution in [2.45, 2.75) is 56.4 Å². The summed E-state index contributed by atoms with van der Waals surface area (Å²) in [5.74, 6) is -4.22. The van der Waals surface area contributed by atoms with E-state index in [4.69, 9.17) is 16.3 Å². The molecular formula is C30H33ClN2O6. The van der Waals surface area contributed by atoms with Crippen LogP contribution in [-0.2, 0) is 19.1 Å². The van der Waals surface area contributed by atoms with Gasteiger partial charge in [0.15, 0.2) is 0 Å². The highest BCUT2D eigenvalue weighted by Crippen LogP contribution is 2.65. The molecule has 6 atom stereocenters. The van der Waals surface area contributed by atoms with Crippen LogP contribution in [0.2, 0.25) is 5.02 Å². The maximum absolute atomic E-state index is 14.8. The Balaban J connectivity index is 1.71. The number of carbonyl (C=O) groups excluding carboxylic acids is 2. The summed E-state index contributed by atoms with van der Waals surface area (Å²) in [6, 6.07) is 12.2. The molecule has 0 radical (unpaired) electrons. The second-order valence-corrected chi connectivity index (χ2v) is 11.1. The number of halogens is 1. The van der Waals surface area contributed by atoms with Crippen molar-refractivity contribution in [2.24, 2.45) is 11.8 Å². The zero-order valence-electron chi connectivity index (χ0n) is 22.0. The number of aryl methyl sites for hydroxylation is 1. The van der Waals surface area contributed by atoms with E-state index in [0.717, 1.165) is 5.56 Å². The lowest BCUT2D eigenvalue weighted by atomic mass is 9.65. The summed E-state index contributed by atoms with van der Waals surface area (Å²) in [6.07, 6.45) is 2.75. The summed E-state index contributed by atoms with van der Waals surface area (Å²) in [7, 11) is 0. The first-order valence-corrected chi connectivity index (χ1v) is 13.6. The molecule has 39 heavy (non-hydrogen) atoms. The van der Waals surface area contributed by atoms with E-state index in [0.29, 0.717) is 35.5 Å². The average molecular weight is 553 g/mol. The van der Waals surface area contributed by atoms with Gasteiger partial charge < -0.3 is 24.7 Å². The van der Waals surface area contributed by atoms with Gasteiger partial charge in [0.25, 0.3) is 5.91 Å². The van der Waals surface area contributed by atoms with Crippen LogP contribution in [0.4, 0.5) is 5.69 Å². The number of aliphatic hydroxyl groups excluding tert-OH is 1. The van der Waals surface area contributed by atoms with Crippen molar-refractivity contribution in [1.82, 2.24) is 4.90 Å². The Morgan fingerprint density at radius 1 is 1.23 bits per heavy atom. The van der Waals surface area contributed by atoms with Crippen molar-refractivity contribution >= 4 is 35.1 Å². The third kappa shape index (κ3) is 3.91. The molecule has 8 nitrogen and oxygen atoms in total. The lowest BCUT2D eigenvalue weighted by Gasteiger charge is -2.40. The first-order valence-electron chi connectivity index (χ1n) is 13.3. The molecular weight excluding hydrogens is 520 g/mol. The molecule has 0 aromatic heterocycles. The zero-order valence-corrected chi connectivity index (χ0v) is 22.8. The number of carboxylic acid groups (broad SMARTS) is 1. The minimum Gasteiger partial charge on any atom is -0.481 e. The summed E-state index contributed by atoms with van der Waals surface area (Å²) in [5, 5.41) is 21.3. The second-order valence-electron chi connectivity index (χ2n) is 10.7. The Morgan fingerprint density at radius 2 is 1.95 bits per heavy atom. The van der Waals surface area contributed by atoms with Crippen LogP contribution in [0.25, 0.3) is 0 Å². The number of rotatable bonds is 9. The van der Waals surface area contributed by atoms with Gasteiger partial charge in [-0.05, 0) is 43.4 Å². The van der Waals surface area contributed by atoms with Gasteiger partial charge in [-0.3, -0.25) is 14.4 Å². The average Bonchev–Trinajstić information content (AvgIpc) is 3.53. The second kappa shape index (κ2) is 10.1. The number of likely N-dealkylation sites (tertiary alicyclic amines) is 1. The maximum Gasteiger partial charge on any atom is 0.310 e. The van der Waals surface area contributed by atoms with E-state index in [9.17, 15) is 24.6 Å². The van der Waals surface area contributed by atoms with Gasteiger partial charge in [-0.25, -0.2) is 0 Å². The highest BCUT2D eigenvalue weighted by molar-refractivity contribution is 6.34. The van der Waals surface area contributed by atoms with Crippen LogP contribution in [0.15, 0.2) is 61.2 Å². The molecule has 3 aliphatic rings. The van der Waals surface area contributed by atoms with E-state index in [1.807, 2.05) is 26.0 Å². The van der Waals surface area contributed by atoms with Gasteiger partial charge in [0, 0.05) is 6.54 Å². The third-order valence-corrected chi connectivity index (χ3v) is 9.15. The van der Waals surface area contributed by atoms with E-state index in [2.05, 4.69) is 6.58 Å². The van der Waals surface area contributed by atoms with E-state index < -0.39 is 59.5 Å². The Kier molecular flexibility index (Phi) is 7.07. The van der Waals surface area contributed by atoms with Crippen LogP contribution in [-0.4, -0.2) is 63.3 Å². The largest absolute Gasteiger partial charge is 0.481 e. The standard InChI is InChI=1S/C30H33ClN2O6/c1-4-16-32(24-18(3)10-9-13-20(24)31)27(36)25-30-15-14-29(5-2,39-30)23(28(37)38)22(30)26(35)33(25)21(17-34)19-11-7-6-8-12-19/h4,6-13,21-23,25,34H,1,5,14-17H2,2-3H3,(H,37,38)/t21-,22+,23-,25?,29+,30?/m1/s1. The van der Waals surface area contributed by atoms with Gasteiger partial charge in [0.2, 0.25) is 5.91 Å². The third-order valence-electron chi connectivity index (χ3n) is 8.85. The predicted molar refractivity (Wildman–Crippen MR) is 146 cm³/mol. The molecule has 3 heterocycles. The molecule has 2 N–H and O–H groups in total. The van der Waals surface area contributed by atoms with E-state index in [1.54, 1.807) is 42.5 Å². The number of benzene rings is 2. The Hall–Kier alpha value is -3.20. The molecule has 9 heteroatoms. The smallest absolute Gasteiger partial charge is 0.310 e. The molecule has 2 bridgehead atoms. The number of ether oxygens (including phenoxy) is 1. The Bertz CT molecular complexity index is 1300. The number of amides is 2. The number of nitrogens with zero attached hydrogens (tertiary/aromatic N) is 2. The predicted octanol–water partition coefficient (Wildman–Crippen LogP) is 4.14. The lowest BCUT2D eigenvalue weighted by molar-refractivity contribution is -0.157. The van der Waals surface area contributed by atoms with Gasteiger partial charge in [-0.2, -0.15) is 0 Å². The van der Waals surface area contributed by atoms with Crippen molar-refractivity contribution in [3.63, 3.8) is 0 Å². The summed E-state index contributed by atoms with van der Waals surface area (Å²) >= 11 is 6.60. The monoisotopic (exact) mass is 552 g/mol. The molecule has 2 amide bonds. The number of fused-ring (bicyclic) bond motifs is 1. The first-order chi connectivity index (χ1) is 18.7. The van der Waals surface area contributed by atoms with Crippen LogP contribution >= 0.6 is 11.6 Å². The molecule has 2 unspecified atom stereocenters. The summed E-state index contributed by atoms with van der Waals surface area (Å²) in [4.78, 5) is 44.6. The van der Waals surface area contributed by atoms with E-state index in [1.165, 1.54) is 9.80 Å². The van der Waals surface area contributed by atoms with Crippen LogP contribution < -0.4 is 4.90 Å². The fraction of sp³-hybridized carbons (Fsp3) is 0.433. The van der Waals surface area contributed by atoms with Crippen molar-refractivity contribution in [1.29, 1.82) is 0 Å². The van der Waals surface area contributed by atoms with Crippen LogP contribution in [0.5, 0.6) is 0 Å². The highest BCUT2D eigenvalue weighted by Gasteiger charge is 2.79. The van der Waals surface area contributed by atoms with Crippen molar-refractivity contribution in [3.05, 3.63) is 77.3 Å². The van der Waals surface area contributed by atoms with Crippen LogP contribution in [0, 0.1) is 18.8 Å². The van der Waals surface area contributed by atoms with Gasteiger partial charge in [-0.1, -0.05) is 67.1 Å². The molecule has 3 saturated heterocycles. The molecule has 1 spiro atoms. The number of aliphatic hydroxyl groups is 1. The van der Waals surface area contributed by atoms with Gasteiger partial charge in [0.05, 0.1) is 34.9 Å². The molecule has 5 rings (SSSR count). The van der Waals surface area contributed by atoms with Crippen LogP contribution in [0.3, 0.4) is 0 Å². The number of hydrogen-bond acceptors (Lipinski definition) is 5. The normalized spacial score (nSPS) is 29.8. The molecule has 3 aliphatic heterocycles. The van der Waals surface area contributed by atoms with E-state index in [-0.39, 0.29) is 6.54 Å². The summed E-state index contributed by atoms with van der Waals surface area (Å²) in [5.41, 5.74) is -0.511. The first kappa shape index (κ1) is 27.4. The number of para-hydroxylation sites is 1. The molecule has 3 fully saturated rings. The quantitative estimate of drug-likeness (QED) is 0.453. The number of carbonyl (C=O) groups is 3. The highest BCUT2D eigenvalue weighted by atomic mass is 35.5. The fourth-order valence-electron chi connectivity index (χ4n) is 7.21. The summed E-state index contributed by atoms with van der Waals surface area (Å²) in [6.45, 7) is 7.18. The Labute approximate surface area is 232 Å². The van der Waals surface area contributed by atoms with E-state index >= 15 is 0 Å². The van der Waals surface area contributed by atoms with Crippen molar-refractivity contribution in [3.8, 4) is 0 Å². The van der Waals surface area contributed by atoms with Gasteiger partial charge >= 0.3 is 5.97 Å². The minimum absolute atomic E-state index is 0.110. The fourth-order valence-corrected chi connectivity index (χ4v) is 7.53. The van der Waals surface area contributed by atoms with Gasteiger partial charge in [-0.15, -0.1) is 6.58 Å². The zero-order chi connectivity index (χ0) is 28.1. The van der Waals surface area contributed by atoms with Gasteiger partial charge in [0.1, 0.15) is 17.6 Å². The number of hydrogen-bond donors (Lipinski definition) is 2. The maximum atomic E-state index is 14.8. The molecule has 0 aliphatic carbocycles. The number of carboxylic acids is 1. The SMILES string of the molecule is C=CCN(C(=O)C1N([C@H](CO)c2ccccc2)C(=O)[C@@H]2[C@H](C(=O)O)[C@]3(CC)CCC12O3)c1c(C)cccc1Cl. The minimum atomic E-state index is -1.36. The summed E-state index contributed by atoms with van der Waals surface area (Å²) < 4.78 is 6.65. The topological polar surface area (TPSA) is 107 Å².